The smallest absolute Gasteiger partial charge is 0.301 e. The Morgan fingerprint density at radius 3 is 1.93 bits per heavy atom. The topological polar surface area (TPSA) is 54.5 Å². The van der Waals surface area contributed by atoms with E-state index in [1.165, 1.54) is 0 Å². The molecule has 0 heterocycles. The van der Waals surface area contributed by atoms with Crippen LogP contribution in [0.5, 0.6) is 0 Å². The number of carbonyl (C=O) groups excluding carboxylic acids is 3. The highest BCUT2D eigenvalue weighted by molar-refractivity contribution is 6.11. The van der Waals surface area contributed by atoms with Crippen molar-refractivity contribution in [2.45, 2.75) is 32.5 Å². The molecule has 2 aromatic carbocycles. The quantitative estimate of drug-likeness (QED) is 0.375. The second-order valence-corrected chi connectivity index (χ2v) is 7.02. The molecular weight excluding hydrogens is 409 g/mol. The summed E-state index contributed by atoms with van der Waals surface area (Å²) >= 11 is 0. The number of aldehydes is 1. The molecule has 0 fully saturated rings. The van der Waals surface area contributed by atoms with Gasteiger partial charge in [-0.1, -0.05) is 13.8 Å². The van der Waals surface area contributed by atoms with E-state index in [1.807, 2.05) is 0 Å². The molecule has 4 nitrogen and oxygen atoms in total. The van der Waals surface area contributed by atoms with Gasteiger partial charge in [0.15, 0.2) is 11.6 Å². The Balaban J connectivity index is 2.49. The van der Waals surface area contributed by atoms with Gasteiger partial charge in [-0.15, -0.1) is 0 Å². The molecule has 0 radical (unpaired) electrons. The Morgan fingerprint density at radius 2 is 1.47 bits per heavy atom. The predicted molar refractivity (Wildman–Crippen MR) is 97.6 cm³/mol. The molecule has 0 aromatic heterocycles. The van der Waals surface area contributed by atoms with Crippen LogP contribution >= 0.6 is 0 Å². The normalized spacial score (nSPS) is 12.5. The van der Waals surface area contributed by atoms with Gasteiger partial charge >= 0.3 is 6.18 Å². The van der Waals surface area contributed by atoms with Crippen molar-refractivity contribution in [2.75, 3.05) is 0 Å². The summed E-state index contributed by atoms with van der Waals surface area (Å²) in [4.78, 5) is 38.0. The molecule has 2 rings (SSSR count). The van der Waals surface area contributed by atoms with Crippen LogP contribution in [-0.2, 0) is 11.0 Å². The van der Waals surface area contributed by atoms with Crippen LogP contribution in [0.4, 0.5) is 22.0 Å². The molecule has 1 atom stereocenters. The Hall–Kier alpha value is -3.10. The van der Waals surface area contributed by atoms with Crippen LogP contribution in [0, 0.1) is 17.6 Å². The van der Waals surface area contributed by atoms with E-state index in [0.29, 0.717) is 35.5 Å². The fourth-order valence-corrected chi connectivity index (χ4v) is 2.81. The van der Waals surface area contributed by atoms with Crippen LogP contribution in [0.2, 0.25) is 0 Å². The molecule has 2 aromatic rings. The Labute approximate surface area is 169 Å². The molecule has 0 bridgehead atoms. The number of nitrogens with zero attached hydrogens (tertiary/aromatic N) is 1. The second kappa shape index (κ2) is 9.15. The van der Waals surface area contributed by atoms with E-state index in [4.69, 9.17) is 0 Å². The summed E-state index contributed by atoms with van der Waals surface area (Å²) in [5.74, 6) is -4.76. The van der Waals surface area contributed by atoms with E-state index in [9.17, 15) is 36.3 Å². The van der Waals surface area contributed by atoms with Gasteiger partial charge in [0, 0.05) is 11.1 Å². The van der Waals surface area contributed by atoms with E-state index in [1.54, 1.807) is 13.8 Å². The highest BCUT2D eigenvalue weighted by Gasteiger charge is 2.34. The van der Waals surface area contributed by atoms with Crippen molar-refractivity contribution >= 4 is 18.1 Å². The average molecular weight is 427 g/mol. The van der Waals surface area contributed by atoms with Gasteiger partial charge in [-0.25, -0.2) is 8.78 Å². The third-order valence-electron chi connectivity index (χ3n) is 4.26. The number of carbonyl (C=O) groups is 3. The molecule has 0 aliphatic heterocycles. The zero-order valence-corrected chi connectivity index (χ0v) is 16.0. The molecule has 30 heavy (non-hydrogen) atoms. The van der Waals surface area contributed by atoms with E-state index in [0.717, 1.165) is 18.2 Å². The van der Waals surface area contributed by atoms with Crippen molar-refractivity contribution in [3.8, 4) is 0 Å². The van der Waals surface area contributed by atoms with Crippen LogP contribution < -0.4 is 0 Å². The first kappa shape index (κ1) is 23.2. The van der Waals surface area contributed by atoms with Crippen LogP contribution in [0.15, 0.2) is 42.5 Å². The lowest BCUT2D eigenvalue weighted by molar-refractivity contribution is -0.137. The number of hydrogen-bond acceptors (Lipinski definition) is 3. The minimum Gasteiger partial charge on any atom is -0.301 e. The van der Waals surface area contributed by atoms with E-state index in [2.05, 4.69) is 0 Å². The van der Waals surface area contributed by atoms with Crippen molar-refractivity contribution in [3.63, 3.8) is 0 Å². The van der Waals surface area contributed by atoms with Crippen molar-refractivity contribution in [2.24, 2.45) is 5.92 Å². The average Bonchev–Trinajstić information content (AvgIpc) is 2.68. The second-order valence-electron chi connectivity index (χ2n) is 7.02. The lowest BCUT2D eigenvalue weighted by Crippen LogP contribution is -2.46. The van der Waals surface area contributed by atoms with Crippen LogP contribution in [0.3, 0.4) is 0 Å². The zero-order valence-electron chi connectivity index (χ0n) is 16.0. The molecule has 0 unspecified atom stereocenters. The number of imide groups is 1. The minimum atomic E-state index is -4.62. The lowest BCUT2D eigenvalue weighted by atomic mass is 10.0. The fraction of sp³-hybridized carbons (Fsp3) is 0.286. The van der Waals surface area contributed by atoms with Crippen molar-refractivity contribution in [1.82, 2.24) is 4.90 Å². The van der Waals surface area contributed by atoms with Crippen LogP contribution in [0.1, 0.15) is 46.5 Å². The van der Waals surface area contributed by atoms with E-state index < -0.39 is 41.2 Å². The highest BCUT2D eigenvalue weighted by atomic mass is 19.4. The number of alkyl halides is 3. The number of rotatable bonds is 6. The van der Waals surface area contributed by atoms with Gasteiger partial charge in [0.05, 0.1) is 11.6 Å². The fourth-order valence-electron chi connectivity index (χ4n) is 2.81. The number of amides is 2. The first-order valence-electron chi connectivity index (χ1n) is 8.91. The SMILES string of the molecule is CC(C)C[C@@H](C=O)N(C(=O)c1ccc(C(F)(F)F)cc1)C(=O)c1ccc(F)c(F)c1. The molecule has 0 aliphatic rings. The standard InChI is InChI=1S/C21H18F5NO3/c1-12(2)9-16(11-28)27(20(30)14-5-8-17(22)18(23)10-14)19(29)13-3-6-15(7-4-13)21(24,25)26/h3-8,10-12,16H,9H2,1-2H3/t16-/m0/s1. The minimum absolute atomic E-state index is 0.0747. The van der Waals surface area contributed by atoms with Gasteiger partial charge in [0.2, 0.25) is 0 Å². The summed E-state index contributed by atoms with van der Waals surface area (Å²) in [7, 11) is 0. The summed E-state index contributed by atoms with van der Waals surface area (Å²) in [6, 6.07) is 4.09. The van der Waals surface area contributed by atoms with Gasteiger partial charge in [0.1, 0.15) is 6.29 Å². The summed E-state index contributed by atoms with van der Waals surface area (Å²) in [6.07, 6.45) is -4.18. The third-order valence-corrected chi connectivity index (χ3v) is 4.26. The largest absolute Gasteiger partial charge is 0.416 e. The Morgan fingerprint density at radius 1 is 0.933 bits per heavy atom. The van der Waals surface area contributed by atoms with Crippen molar-refractivity contribution < 1.29 is 36.3 Å². The van der Waals surface area contributed by atoms with Gasteiger partial charge in [-0.05, 0) is 54.8 Å². The summed E-state index contributed by atoms with van der Waals surface area (Å²) < 4.78 is 65.1. The first-order chi connectivity index (χ1) is 14.0. The molecule has 0 aliphatic carbocycles. The first-order valence-corrected chi connectivity index (χ1v) is 8.91. The summed E-state index contributed by atoms with van der Waals surface area (Å²) in [6.45, 7) is 3.47. The summed E-state index contributed by atoms with van der Waals surface area (Å²) in [5.41, 5.74) is -1.65. The zero-order chi connectivity index (χ0) is 22.6. The van der Waals surface area contributed by atoms with Crippen LogP contribution in [0.25, 0.3) is 0 Å². The third kappa shape index (κ3) is 5.28. The molecule has 160 valence electrons. The molecule has 0 spiro atoms. The number of hydrogen-bond donors (Lipinski definition) is 0. The molecule has 0 saturated heterocycles. The van der Waals surface area contributed by atoms with Gasteiger partial charge in [-0.2, -0.15) is 13.2 Å². The summed E-state index contributed by atoms with van der Waals surface area (Å²) in [5, 5.41) is 0. The van der Waals surface area contributed by atoms with E-state index >= 15 is 0 Å². The number of benzene rings is 2. The Kier molecular flexibility index (Phi) is 7.07. The molecule has 0 N–H and O–H groups in total. The molecular formula is C21H18F5NO3. The lowest BCUT2D eigenvalue weighted by Gasteiger charge is -2.28. The number of halogens is 5. The van der Waals surface area contributed by atoms with Gasteiger partial charge in [0.25, 0.3) is 11.8 Å². The monoisotopic (exact) mass is 427 g/mol. The van der Waals surface area contributed by atoms with Crippen molar-refractivity contribution in [3.05, 3.63) is 70.8 Å². The predicted octanol–water partition coefficient (Wildman–Crippen LogP) is 4.88. The maximum atomic E-state index is 13.6. The maximum absolute atomic E-state index is 13.6. The van der Waals surface area contributed by atoms with Crippen molar-refractivity contribution in [1.29, 1.82) is 0 Å². The van der Waals surface area contributed by atoms with Gasteiger partial charge in [-0.3, -0.25) is 14.5 Å². The highest BCUT2D eigenvalue weighted by Crippen LogP contribution is 2.29. The molecule has 9 heteroatoms. The maximum Gasteiger partial charge on any atom is 0.416 e. The van der Waals surface area contributed by atoms with Crippen LogP contribution in [-0.4, -0.2) is 29.0 Å². The Bertz CT molecular complexity index is 939. The molecule has 0 saturated carbocycles. The van der Waals surface area contributed by atoms with E-state index in [-0.39, 0.29) is 23.5 Å². The molecule has 2 amide bonds. The van der Waals surface area contributed by atoms with Gasteiger partial charge < -0.3 is 4.79 Å².